The van der Waals surface area contributed by atoms with Gasteiger partial charge >= 0.3 is 0 Å². The molecular weight excluding hydrogens is 412 g/mol. The van der Waals surface area contributed by atoms with Crippen molar-refractivity contribution in [1.82, 2.24) is 5.32 Å². The van der Waals surface area contributed by atoms with Gasteiger partial charge in [0.2, 0.25) is 15.9 Å². The Hall–Kier alpha value is -2.54. The quantitative estimate of drug-likeness (QED) is 0.722. The lowest BCUT2D eigenvalue weighted by molar-refractivity contribution is -0.123. The van der Waals surface area contributed by atoms with Gasteiger partial charge in [-0.3, -0.25) is 9.10 Å². The standard InChI is InChI=1S/C24H32N2O4S/c1-7-21(26(31(6,28)29)18-13-16(2)12-17(3)14-18)23(27)25-20-15-24(4,5)30-22-11-9-8-10-19(20)22/h8-14,20-21H,7,15H2,1-6H3,(H,25,27)/t20-,21+/m0/s1. The molecule has 31 heavy (non-hydrogen) atoms. The Kier molecular flexibility index (Phi) is 6.37. The van der Waals surface area contributed by atoms with Crippen LogP contribution in [0.3, 0.4) is 0 Å². The fourth-order valence-electron chi connectivity index (χ4n) is 4.34. The number of fused-ring (bicyclic) bond motifs is 1. The van der Waals surface area contributed by atoms with Gasteiger partial charge in [-0.2, -0.15) is 0 Å². The molecule has 0 radical (unpaired) electrons. The first-order chi connectivity index (χ1) is 14.4. The molecule has 168 valence electrons. The second-order valence-electron chi connectivity index (χ2n) is 8.99. The lowest BCUT2D eigenvalue weighted by Crippen LogP contribution is -2.51. The number of hydrogen-bond donors (Lipinski definition) is 1. The monoisotopic (exact) mass is 444 g/mol. The van der Waals surface area contributed by atoms with Crippen molar-refractivity contribution < 1.29 is 17.9 Å². The van der Waals surface area contributed by atoms with E-state index in [1.807, 2.05) is 65.0 Å². The van der Waals surface area contributed by atoms with E-state index in [0.29, 0.717) is 18.5 Å². The molecule has 6 nitrogen and oxygen atoms in total. The third kappa shape index (κ3) is 5.21. The second kappa shape index (κ2) is 8.54. The molecular formula is C24H32N2O4S. The van der Waals surface area contributed by atoms with E-state index in [-0.39, 0.29) is 11.9 Å². The lowest BCUT2D eigenvalue weighted by atomic mass is 9.89. The van der Waals surface area contributed by atoms with Crippen LogP contribution in [0.4, 0.5) is 5.69 Å². The molecule has 3 rings (SSSR count). The number of para-hydroxylation sites is 1. The maximum Gasteiger partial charge on any atom is 0.244 e. The third-order valence-corrected chi connectivity index (χ3v) is 6.66. The van der Waals surface area contributed by atoms with E-state index in [1.54, 1.807) is 12.1 Å². The van der Waals surface area contributed by atoms with E-state index in [4.69, 9.17) is 4.74 Å². The zero-order chi connectivity index (χ0) is 23.0. The lowest BCUT2D eigenvalue weighted by Gasteiger charge is -2.39. The number of carbonyl (C=O) groups is 1. The number of anilines is 1. The van der Waals surface area contributed by atoms with Crippen LogP contribution in [0.15, 0.2) is 42.5 Å². The number of amides is 1. The van der Waals surface area contributed by atoms with Crippen LogP contribution >= 0.6 is 0 Å². The van der Waals surface area contributed by atoms with Gasteiger partial charge in [-0.1, -0.05) is 31.2 Å². The van der Waals surface area contributed by atoms with Crippen molar-refractivity contribution in [3.8, 4) is 5.75 Å². The Morgan fingerprint density at radius 1 is 1.19 bits per heavy atom. The van der Waals surface area contributed by atoms with Crippen LogP contribution in [-0.2, 0) is 14.8 Å². The van der Waals surface area contributed by atoms with Gasteiger partial charge in [0.05, 0.1) is 18.0 Å². The van der Waals surface area contributed by atoms with E-state index in [9.17, 15) is 13.2 Å². The van der Waals surface area contributed by atoms with E-state index in [0.717, 1.165) is 28.7 Å². The Bertz CT molecular complexity index is 1060. The fraction of sp³-hybridized carbons (Fsp3) is 0.458. The van der Waals surface area contributed by atoms with Gasteiger partial charge in [-0.25, -0.2) is 8.42 Å². The Balaban J connectivity index is 1.96. The van der Waals surface area contributed by atoms with Crippen molar-refractivity contribution >= 4 is 21.6 Å². The van der Waals surface area contributed by atoms with Crippen molar-refractivity contribution in [2.45, 2.75) is 65.1 Å². The number of nitrogens with one attached hydrogen (secondary N) is 1. The summed E-state index contributed by atoms with van der Waals surface area (Å²) in [4.78, 5) is 13.4. The highest BCUT2D eigenvalue weighted by molar-refractivity contribution is 7.92. The van der Waals surface area contributed by atoms with Crippen LogP contribution in [0.2, 0.25) is 0 Å². The summed E-state index contributed by atoms with van der Waals surface area (Å²) in [6.07, 6.45) is 2.09. The molecule has 0 aromatic heterocycles. The summed E-state index contributed by atoms with van der Waals surface area (Å²) in [7, 11) is -3.68. The minimum absolute atomic E-state index is 0.262. The molecule has 2 atom stereocenters. The van der Waals surface area contributed by atoms with Gasteiger partial charge < -0.3 is 10.1 Å². The SMILES string of the molecule is CC[C@H](C(=O)N[C@H]1CC(C)(C)Oc2ccccc21)N(c1cc(C)cc(C)c1)S(C)(=O)=O. The second-order valence-corrected chi connectivity index (χ2v) is 10.9. The first kappa shape index (κ1) is 23.1. The Morgan fingerprint density at radius 3 is 2.39 bits per heavy atom. The van der Waals surface area contributed by atoms with E-state index >= 15 is 0 Å². The van der Waals surface area contributed by atoms with Crippen LogP contribution in [-0.4, -0.2) is 32.2 Å². The number of aryl methyl sites for hydroxylation is 2. The van der Waals surface area contributed by atoms with Crippen LogP contribution in [0.1, 0.15) is 56.3 Å². The van der Waals surface area contributed by atoms with Gasteiger partial charge in [0, 0.05) is 12.0 Å². The molecule has 1 heterocycles. The van der Waals surface area contributed by atoms with Gasteiger partial charge in [0.25, 0.3) is 0 Å². The molecule has 7 heteroatoms. The number of rotatable bonds is 6. The van der Waals surface area contributed by atoms with Gasteiger partial charge in [-0.05, 0) is 63.4 Å². The van der Waals surface area contributed by atoms with Crippen molar-refractivity contribution in [1.29, 1.82) is 0 Å². The van der Waals surface area contributed by atoms with Crippen molar-refractivity contribution in [3.05, 3.63) is 59.2 Å². The molecule has 0 bridgehead atoms. The van der Waals surface area contributed by atoms with E-state index in [1.165, 1.54) is 4.31 Å². The van der Waals surface area contributed by atoms with Gasteiger partial charge in [-0.15, -0.1) is 0 Å². The predicted octanol–water partition coefficient (Wildman–Crippen LogP) is 4.27. The highest BCUT2D eigenvalue weighted by atomic mass is 32.2. The summed E-state index contributed by atoms with van der Waals surface area (Å²) >= 11 is 0. The minimum atomic E-state index is -3.68. The number of sulfonamides is 1. The predicted molar refractivity (Wildman–Crippen MR) is 124 cm³/mol. The smallest absolute Gasteiger partial charge is 0.244 e. The summed E-state index contributed by atoms with van der Waals surface area (Å²) in [5, 5.41) is 3.11. The fourth-order valence-corrected chi connectivity index (χ4v) is 5.53. The Labute approximate surface area is 185 Å². The van der Waals surface area contributed by atoms with Crippen LogP contribution < -0.4 is 14.4 Å². The summed E-state index contributed by atoms with van der Waals surface area (Å²) in [5.41, 5.74) is 2.85. The number of carbonyl (C=O) groups excluding carboxylic acids is 1. The molecule has 2 aromatic rings. The maximum atomic E-state index is 13.4. The Morgan fingerprint density at radius 2 is 1.81 bits per heavy atom. The summed E-state index contributed by atoms with van der Waals surface area (Å²) in [6.45, 7) is 9.63. The van der Waals surface area contributed by atoms with Gasteiger partial charge in [0.15, 0.2) is 0 Å². The summed E-state index contributed by atoms with van der Waals surface area (Å²) < 4.78 is 32.9. The van der Waals surface area contributed by atoms with E-state index < -0.39 is 21.7 Å². The number of ether oxygens (including phenoxy) is 1. The average Bonchev–Trinajstić information content (AvgIpc) is 2.63. The summed E-state index contributed by atoms with van der Waals surface area (Å²) in [5.74, 6) is 0.427. The third-order valence-electron chi connectivity index (χ3n) is 5.48. The largest absolute Gasteiger partial charge is 0.487 e. The zero-order valence-electron chi connectivity index (χ0n) is 19.1. The van der Waals surface area contributed by atoms with Crippen molar-refractivity contribution in [2.24, 2.45) is 0 Å². The van der Waals surface area contributed by atoms with Crippen LogP contribution in [0.5, 0.6) is 5.75 Å². The van der Waals surface area contributed by atoms with Crippen molar-refractivity contribution in [2.75, 3.05) is 10.6 Å². The normalized spacial score (nSPS) is 18.5. The minimum Gasteiger partial charge on any atom is -0.487 e. The molecule has 0 saturated heterocycles. The molecule has 1 aliphatic rings. The van der Waals surface area contributed by atoms with E-state index in [2.05, 4.69) is 5.32 Å². The molecule has 1 aliphatic heterocycles. The number of benzene rings is 2. The molecule has 0 spiro atoms. The summed E-state index contributed by atoms with van der Waals surface area (Å²) in [6, 6.07) is 12.1. The highest BCUT2D eigenvalue weighted by Crippen LogP contribution is 2.39. The molecule has 0 fully saturated rings. The molecule has 0 unspecified atom stereocenters. The topological polar surface area (TPSA) is 75.7 Å². The average molecular weight is 445 g/mol. The van der Waals surface area contributed by atoms with Crippen LogP contribution in [0, 0.1) is 13.8 Å². The zero-order valence-corrected chi connectivity index (χ0v) is 19.9. The molecule has 1 amide bonds. The number of nitrogens with zero attached hydrogens (tertiary/aromatic N) is 1. The van der Waals surface area contributed by atoms with Gasteiger partial charge in [0.1, 0.15) is 17.4 Å². The maximum absolute atomic E-state index is 13.4. The molecule has 0 saturated carbocycles. The highest BCUT2D eigenvalue weighted by Gasteiger charge is 2.37. The first-order valence-electron chi connectivity index (χ1n) is 10.6. The first-order valence-corrected chi connectivity index (χ1v) is 12.4. The molecule has 2 aromatic carbocycles. The van der Waals surface area contributed by atoms with Crippen LogP contribution in [0.25, 0.3) is 0 Å². The molecule has 1 N–H and O–H groups in total. The molecule has 0 aliphatic carbocycles. The number of hydrogen-bond acceptors (Lipinski definition) is 4. The van der Waals surface area contributed by atoms with Crippen molar-refractivity contribution in [3.63, 3.8) is 0 Å².